The minimum Gasteiger partial charge on any atom is -0.481 e. The van der Waals surface area contributed by atoms with Crippen molar-refractivity contribution in [2.75, 3.05) is 0 Å². The van der Waals surface area contributed by atoms with Gasteiger partial charge in [-0.15, -0.1) is 0 Å². The number of aromatic nitrogens is 1. The number of carbonyl (C=O) groups is 1. The number of nitrogens with zero attached hydrogens (tertiary/aromatic N) is 1. The Morgan fingerprint density at radius 3 is 2.50 bits per heavy atom. The van der Waals surface area contributed by atoms with Crippen molar-refractivity contribution in [2.45, 2.75) is 6.42 Å². The van der Waals surface area contributed by atoms with Gasteiger partial charge in [0.2, 0.25) is 5.95 Å². The Bertz CT molecular complexity index is 582. The summed E-state index contributed by atoms with van der Waals surface area (Å²) in [5.74, 6) is -2.15. The molecule has 2 rings (SSSR count). The molecule has 0 aliphatic rings. The van der Waals surface area contributed by atoms with Gasteiger partial charge in [-0.3, -0.25) is 4.79 Å². The van der Waals surface area contributed by atoms with E-state index in [-0.39, 0.29) is 12.0 Å². The van der Waals surface area contributed by atoms with Crippen LogP contribution in [-0.2, 0) is 11.2 Å². The molecule has 1 heterocycles. The molecule has 2 aromatic rings. The zero-order valence-electron chi connectivity index (χ0n) is 9.23. The molecule has 0 fully saturated rings. The Balaban J connectivity index is 2.42. The molecular formula is C13H9F2NO2. The van der Waals surface area contributed by atoms with Crippen LogP contribution in [0, 0.1) is 11.8 Å². The molecule has 0 saturated carbocycles. The van der Waals surface area contributed by atoms with Crippen LogP contribution in [0.5, 0.6) is 0 Å². The maximum absolute atomic E-state index is 13.5. The van der Waals surface area contributed by atoms with E-state index in [1.165, 1.54) is 36.5 Å². The summed E-state index contributed by atoms with van der Waals surface area (Å²) in [5, 5.41) is 8.66. The van der Waals surface area contributed by atoms with E-state index in [0.717, 1.165) is 0 Å². The molecular weight excluding hydrogens is 240 g/mol. The largest absolute Gasteiger partial charge is 0.481 e. The molecule has 0 radical (unpaired) electrons. The van der Waals surface area contributed by atoms with E-state index in [4.69, 9.17) is 5.11 Å². The van der Waals surface area contributed by atoms with E-state index >= 15 is 0 Å². The summed E-state index contributed by atoms with van der Waals surface area (Å²) >= 11 is 0. The topological polar surface area (TPSA) is 50.2 Å². The zero-order valence-corrected chi connectivity index (χ0v) is 9.23. The van der Waals surface area contributed by atoms with Crippen molar-refractivity contribution in [1.82, 2.24) is 4.98 Å². The highest BCUT2D eigenvalue weighted by atomic mass is 19.1. The molecule has 0 spiro atoms. The second-order valence-electron chi connectivity index (χ2n) is 3.76. The molecule has 1 aromatic carbocycles. The normalized spacial score (nSPS) is 10.3. The minimum absolute atomic E-state index is 0.161. The smallest absolute Gasteiger partial charge is 0.307 e. The highest BCUT2D eigenvalue weighted by Crippen LogP contribution is 2.23. The van der Waals surface area contributed by atoms with Crippen LogP contribution in [0.25, 0.3) is 11.1 Å². The number of carboxylic acid groups (broad SMARTS) is 1. The number of benzene rings is 1. The van der Waals surface area contributed by atoms with Crippen LogP contribution in [0.15, 0.2) is 36.5 Å². The van der Waals surface area contributed by atoms with Crippen LogP contribution in [0.4, 0.5) is 8.78 Å². The second kappa shape index (κ2) is 4.91. The number of hydrogen-bond donors (Lipinski definition) is 1. The maximum Gasteiger partial charge on any atom is 0.307 e. The van der Waals surface area contributed by atoms with Crippen molar-refractivity contribution in [3.63, 3.8) is 0 Å². The predicted octanol–water partition coefficient (Wildman–Crippen LogP) is 2.65. The van der Waals surface area contributed by atoms with Crippen LogP contribution in [0.3, 0.4) is 0 Å². The van der Waals surface area contributed by atoms with Crippen molar-refractivity contribution >= 4 is 5.97 Å². The summed E-state index contributed by atoms with van der Waals surface area (Å²) in [6.07, 6.45) is 0.942. The fraction of sp³-hybridized carbons (Fsp3) is 0.0769. The first-order chi connectivity index (χ1) is 8.56. The van der Waals surface area contributed by atoms with Gasteiger partial charge in [0.15, 0.2) is 0 Å². The summed E-state index contributed by atoms with van der Waals surface area (Å²) < 4.78 is 26.3. The zero-order chi connectivity index (χ0) is 13.1. The molecule has 18 heavy (non-hydrogen) atoms. The fourth-order valence-electron chi connectivity index (χ4n) is 1.59. The summed E-state index contributed by atoms with van der Waals surface area (Å²) in [6.45, 7) is 0. The monoisotopic (exact) mass is 249 g/mol. The molecule has 5 heteroatoms. The van der Waals surface area contributed by atoms with Gasteiger partial charge in [-0.25, -0.2) is 9.37 Å². The summed E-state index contributed by atoms with van der Waals surface area (Å²) in [6, 6.07) is 6.65. The Kier molecular flexibility index (Phi) is 3.32. The van der Waals surface area contributed by atoms with Gasteiger partial charge < -0.3 is 5.11 Å². The van der Waals surface area contributed by atoms with Gasteiger partial charge in [0.1, 0.15) is 5.82 Å². The van der Waals surface area contributed by atoms with E-state index in [9.17, 15) is 13.6 Å². The lowest BCUT2D eigenvalue weighted by Gasteiger charge is -2.05. The van der Waals surface area contributed by atoms with Crippen LogP contribution >= 0.6 is 0 Å². The molecule has 0 saturated heterocycles. The van der Waals surface area contributed by atoms with E-state index < -0.39 is 17.7 Å². The van der Waals surface area contributed by atoms with Crippen LogP contribution in [0.1, 0.15) is 5.56 Å². The Morgan fingerprint density at radius 1 is 1.22 bits per heavy atom. The molecule has 0 bridgehead atoms. The van der Waals surface area contributed by atoms with Crippen molar-refractivity contribution in [3.05, 3.63) is 53.9 Å². The van der Waals surface area contributed by atoms with Crippen molar-refractivity contribution in [1.29, 1.82) is 0 Å². The SMILES string of the molecule is O=C(O)Cc1cnc(F)c(-c2ccc(F)cc2)c1. The standard InChI is InChI=1S/C13H9F2NO2/c14-10-3-1-9(2-4-10)11-5-8(6-12(17)18)7-16-13(11)15/h1-5,7H,6H2,(H,17,18). The molecule has 0 atom stereocenters. The minimum atomic E-state index is -1.02. The number of rotatable bonds is 3. The van der Waals surface area contributed by atoms with E-state index in [2.05, 4.69) is 4.98 Å². The predicted molar refractivity (Wildman–Crippen MR) is 60.9 cm³/mol. The van der Waals surface area contributed by atoms with Crippen molar-refractivity contribution in [3.8, 4) is 11.1 Å². The lowest BCUT2D eigenvalue weighted by atomic mass is 10.0. The van der Waals surface area contributed by atoms with Gasteiger partial charge in [0, 0.05) is 11.8 Å². The first-order valence-electron chi connectivity index (χ1n) is 5.18. The number of pyridine rings is 1. The highest BCUT2D eigenvalue weighted by molar-refractivity contribution is 5.71. The van der Waals surface area contributed by atoms with Crippen molar-refractivity contribution in [2.24, 2.45) is 0 Å². The molecule has 3 nitrogen and oxygen atoms in total. The maximum atomic E-state index is 13.5. The van der Waals surface area contributed by atoms with Gasteiger partial charge >= 0.3 is 5.97 Å². The quantitative estimate of drug-likeness (QED) is 0.851. The van der Waals surface area contributed by atoms with Crippen LogP contribution < -0.4 is 0 Å². The summed E-state index contributed by atoms with van der Waals surface area (Å²) in [4.78, 5) is 14.1. The van der Waals surface area contributed by atoms with Crippen LogP contribution in [-0.4, -0.2) is 16.1 Å². The van der Waals surface area contributed by atoms with Gasteiger partial charge in [0.05, 0.1) is 6.42 Å². The highest BCUT2D eigenvalue weighted by Gasteiger charge is 2.09. The average molecular weight is 249 g/mol. The fourth-order valence-corrected chi connectivity index (χ4v) is 1.59. The summed E-state index contributed by atoms with van der Waals surface area (Å²) in [5.41, 5.74) is 1.01. The molecule has 1 N–H and O–H groups in total. The lowest BCUT2D eigenvalue weighted by Crippen LogP contribution is -2.02. The van der Waals surface area contributed by atoms with Crippen molar-refractivity contribution < 1.29 is 18.7 Å². The third kappa shape index (κ3) is 2.68. The molecule has 0 aliphatic carbocycles. The number of halogens is 2. The molecule has 92 valence electrons. The molecule has 0 aliphatic heterocycles. The Morgan fingerprint density at radius 2 is 1.89 bits per heavy atom. The summed E-state index contributed by atoms with van der Waals surface area (Å²) in [7, 11) is 0. The first kappa shape index (κ1) is 12.2. The average Bonchev–Trinajstić information content (AvgIpc) is 2.32. The van der Waals surface area contributed by atoms with Gasteiger partial charge in [-0.1, -0.05) is 12.1 Å². The van der Waals surface area contributed by atoms with Gasteiger partial charge in [0.25, 0.3) is 0 Å². The van der Waals surface area contributed by atoms with Gasteiger partial charge in [-0.2, -0.15) is 4.39 Å². The van der Waals surface area contributed by atoms with E-state index in [1.54, 1.807) is 0 Å². The van der Waals surface area contributed by atoms with E-state index in [0.29, 0.717) is 11.1 Å². The van der Waals surface area contributed by atoms with Gasteiger partial charge in [-0.05, 0) is 29.3 Å². The second-order valence-corrected chi connectivity index (χ2v) is 3.76. The first-order valence-corrected chi connectivity index (χ1v) is 5.18. The number of aliphatic carboxylic acids is 1. The number of carboxylic acids is 1. The Labute approximate surface area is 102 Å². The molecule has 0 amide bonds. The number of hydrogen-bond acceptors (Lipinski definition) is 2. The Hall–Kier alpha value is -2.30. The molecule has 1 aromatic heterocycles. The third-order valence-electron chi connectivity index (χ3n) is 2.41. The lowest BCUT2D eigenvalue weighted by molar-refractivity contribution is -0.136. The molecule has 0 unspecified atom stereocenters. The van der Waals surface area contributed by atoms with Crippen LogP contribution in [0.2, 0.25) is 0 Å². The van der Waals surface area contributed by atoms with E-state index in [1.807, 2.05) is 0 Å². The third-order valence-corrected chi connectivity index (χ3v) is 2.41.